The number of amides is 1. The van der Waals surface area contributed by atoms with Crippen LogP contribution in [0.25, 0.3) is 0 Å². The average molecular weight is 347 g/mol. The molecule has 0 bridgehead atoms. The standard InChI is InChI=1S/C15H23ClN2O3S/c1-4-21-14-11(16)7-10(8-13(14)20-2)9-18-15(19)12(17)5-6-22-3/h7-8,12H,4-6,9,17H2,1-3H3,(H,18,19)/t12-/m0/s1. The van der Waals surface area contributed by atoms with Crippen molar-refractivity contribution in [2.45, 2.75) is 25.9 Å². The normalized spacial score (nSPS) is 11.9. The fourth-order valence-electron chi connectivity index (χ4n) is 1.86. The summed E-state index contributed by atoms with van der Waals surface area (Å²) in [5.41, 5.74) is 6.65. The van der Waals surface area contributed by atoms with Crippen molar-refractivity contribution in [3.8, 4) is 11.5 Å². The maximum atomic E-state index is 11.9. The van der Waals surface area contributed by atoms with Crippen LogP contribution in [-0.2, 0) is 11.3 Å². The third-order valence-corrected chi connectivity index (χ3v) is 3.94. The van der Waals surface area contributed by atoms with E-state index in [1.807, 2.05) is 13.2 Å². The van der Waals surface area contributed by atoms with E-state index in [1.165, 1.54) is 0 Å². The average Bonchev–Trinajstić information content (AvgIpc) is 2.52. The molecule has 0 unspecified atom stereocenters. The van der Waals surface area contributed by atoms with Crippen LogP contribution in [0.5, 0.6) is 11.5 Å². The molecule has 1 amide bonds. The van der Waals surface area contributed by atoms with Gasteiger partial charge in [0.05, 0.1) is 24.8 Å². The second-order valence-corrected chi connectivity index (χ2v) is 6.04. The lowest BCUT2D eigenvalue weighted by molar-refractivity contribution is -0.122. The van der Waals surface area contributed by atoms with Crippen molar-refractivity contribution < 1.29 is 14.3 Å². The number of ether oxygens (including phenoxy) is 2. The molecule has 0 saturated carbocycles. The lowest BCUT2D eigenvalue weighted by atomic mass is 10.1. The number of nitrogens with two attached hydrogens (primary N) is 1. The predicted molar refractivity (Wildman–Crippen MR) is 92.0 cm³/mol. The Labute approximate surface area is 140 Å². The molecule has 1 aromatic carbocycles. The van der Waals surface area contributed by atoms with Crippen LogP contribution < -0.4 is 20.5 Å². The first kappa shape index (κ1) is 18.9. The first-order valence-corrected chi connectivity index (χ1v) is 8.82. The largest absolute Gasteiger partial charge is 0.493 e. The van der Waals surface area contributed by atoms with Crippen molar-refractivity contribution in [2.75, 3.05) is 25.7 Å². The zero-order valence-electron chi connectivity index (χ0n) is 13.1. The molecule has 0 aliphatic carbocycles. The monoisotopic (exact) mass is 346 g/mol. The summed E-state index contributed by atoms with van der Waals surface area (Å²) in [4.78, 5) is 11.9. The van der Waals surface area contributed by atoms with Crippen molar-refractivity contribution >= 4 is 29.3 Å². The van der Waals surface area contributed by atoms with Crippen LogP contribution in [0.1, 0.15) is 18.9 Å². The Kier molecular flexibility index (Phi) is 8.45. The summed E-state index contributed by atoms with van der Waals surface area (Å²) in [6, 6.07) is 3.06. The van der Waals surface area contributed by atoms with Gasteiger partial charge in [-0.05, 0) is 43.0 Å². The molecule has 124 valence electrons. The van der Waals surface area contributed by atoms with Gasteiger partial charge in [-0.25, -0.2) is 0 Å². The summed E-state index contributed by atoms with van der Waals surface area (Å²) < 4.78 is 10.7. The lowest BCUT2D eigenvalue weighted by Crippen LogP contribution is -2.40. The zero-order valence-corrected chi connectivity index (χ0v) is 14.7. The number of nitrogens with one attached hydrogen (secondary N) is 1. The van der Waals surface area contributed by atoms with Gasteiger partial charge in [-0.3, -0.25) is 4.79 Å². The summed E-state index contributed by atoms with van der Waals surface area (Å²) in [5.74, 6) is 1.75. The van der Waals surface area contributed by atoms with E-state index >= 15 is 0 Å². The minimum absolute atomic E-state index is 0.168. The summed E-state index contributed by atoms with van der Waals surface area (Å²) in [6.45, 7) is 2.71. The summed E-state index contributed by atoms with van der Waals surface area (Å²) >= 11 is 7.86. The molecule has 0 aliphatic heterocycles. The first-order valence-electron chi connectivity index (χ1n) is 7.04. The van der Waals surface area contributed by atoms with Gasteiger partial charge in [0.15, 0.2) is 11.5 Å². The van der Waals surface area contributed by atoms with Crippen LogP contribution in [-0.4, -0.2) is 37.7 Å². The Hall–Kier alpha value is -1.11. The number of benzene rings is 1. The van der Waals surface area contributed by atoms with E-state index in [4.69, 9.17) is 26.8 Å². The summed E-state index contributed by atoms with van der Waals surface area (Å²) in [6.07, 6.45) is 2.64. The number of carbonyl (C=O) groups is 1. The minimum atomic E-state index is -0.493. The van der Waals surface area contributed by atoms with Crippen molar-refractivity contribution in [2.24, 2.45) is 5.73 Å². The number of rotatable bonds is 9. The van der Waals surface area contributed by atoms with E-state index in [0.29, 0.717) is 36.1 Å². The van der Waals surface area contributed by atoms with Crippen LogP contribution >= 0.6 is 23.4 Å². The Morgan fingerprint density at radius 2 is 2.23 bits per heavy atom. The van der Waals surface area contributed by atoms with E-state index in [-0.39, 0.29) is 5.91 Å². The summed E-state index contributed by atoms with van der Waals surface area (Å²) in [5, 5.41) is 3.27. The molecule has 1 aromatic rings. The van der Waals surface area contributed by atoms with Gasteiger partial charge in [-0.2, -0.15) is 11.8 Å². The third kappa shape index (κ3) is 5.59. The lowest BCUT2D eigenvalue weighted by Gasteiger charge is -2.15. The van der Waals surface area contributed by atoms with Crippen molar-refractivity contribution in [1.82, 2.24) is 5.32 Å². The Balaban J connectivity index is 2.70. The molecule has 0 spiro atoms. The van der Waals surface area contributed by atoms with Gasteiger partial charge < -0.3 is 20.5 Å². The fourth-order valence-corrected chi connectivity index (χ4v) is 2.63. The maximum Gasteiger partial charge on any atom is 0.237 e. The first-order chi connectivity index (χ1) is 10.5. The Morgan fingerprint density at radius 1 is 1.50 bits per heavy atom. The van der Waals surface area contributed by atoms with Crippen LogP contribution in [0.3, 0.4) is 0 Å². The summed E-state index contributed by atoms with van der Waals surface area (Å²) in [7, 11) is 1.55. The quantitative estimate of drug-likeness (QED) is 0.718. The molecule has 0 aromatic heterocycles. The van der Waals surface area contributed by atoms with Gasteiger partial charge in [0.2, 0.25) is 5.91 Å². The third-order valence-electron chi connectivity index (χ3n) is 3.01. The van der Waals surface area contributed by atoms with Crippen molar-refractivity contribution in [3.63, 3.8) is 0 Å². The molecule has 7 heteroatoms. The Morgan fingerprint density at radius 3 is 2.82 bits per heavy atom. The molecule has 1 rings (SSSR count). The second kappa shape index (κ2) is 9.82. The predicted octanol–water partition coefficient (Wildman–Crippen LogP) is 2.44. The molecular weight excluding hydrogens is 324 g/mol. The van der Waals surface area contributed by atoms with Gasteiger partial charge in [0.1, 0.15) is 0 Å². The van der Waals surface area contributed by atoms with E-state index in [2.05, 4.69) is 5.32 Å². The van der Waals surface area contributed by atoms with Gasteiger partial charge in [0.25, 0.3) is 0 Å². The molecule has 0 heterocycles. The van der Waals surface area contributed by atoms with Gasteiger partial charge in [-0.1, -0.05) is 11.6 Å². The highest BCUT2D eigenvalue weighted by Crippen LogP contribution is 2.36. The number of carbonyl (C=O) groups excluding carboxylic acids is 1. The van der Waals surface area contributed by atoms with Crippen LogP contribution in [0.2, 0.25) is 5.02 Å². The van der Waals surface area contributed by atoms with Gasteiger partial charge in [-0.15, -0.1) is 0 Å². The smallest absolute Gasteiger partial charge is 0.237 e. The molecule has 0 saturated heterocycles. The number of thioether (sulfide) groups is 1. The van der Waals surface area contributed by atoms with E-state index < -0.39 is 6.04 Å². The molecular formula is C15H23ClN2O3S. The number of halogens is 1. The second-order valence-electron chi connectivity index (χ2n) is 4.65. The van der Waals surface area contributed by atoms with Crippen LogP contribution in [0.15, 0.2) is 12.1 Å². The molecule has 0 radical (unpaired) electrons. The van der Waals surface area contributed by atoms with E-state index in [9.17, 15) is 4.79 Å². The maximum absolute atomic E-state index is 11.9. The Bertz CT molecular complexity index is 500. The van der Waals surface area contributed by atoms with Gasteiger partial charge >= 0.3 is 0 Å². The molecule has 0 aliphatic rings. The fraction of sp³-hybridized carbons (Fsp3) is 0.533. The highest BCUT2D eigenvalue weighted by molar-refractivity contribution is 7.98. The highest BCUT2D eigenvalue weighted by atomic mass is 35.5. The minimum Gasteiger partial charge on any atom is -0.493 e. The molecule has 22 heavy (non-hydrogen) atoms. The molecule has 3 N–H and O–H groups in total. The van der Waals surface area contributed by atoms with Crippen molar-refractivity contribution in [3.05, 3.63) is 22.7 Å². The van der Waals surface area contributed by atoms with Crippen LogP contribution in [0, 0.1) is 0 Å². The molecule has 5 nitrogen and oxygen atoms in total. The number of hydrogen-bond donors (Lipinski definition) is 2. The topological polar surface area (TPSA) is 73.6 Å². The number of methoxy groups -OCH3 is 1. The highest BCUT2D eigenvalue weighted by Gasteiger charge is 2.15. The van der Waals surface area contributed by atoms with Crippen LogP contribution in [0.4, 0.5) is 0 Å². The zero-order chi connectivity index (χ0) is 16.5. The van der Waals surface area contributed by atoms with E-state index in [1.54, 1.807) is 31.0 Å². The SMILES string of the molecule is CCOc1c(Cl)cc(CNC(=O)[C@@H](N)CCSC)cc1OC. The van der Waals surface area contributed by atoms with Gasteiger partial charge in [0, 0.05) is 6.54 Å². The van der Waals surface area contributed by atoms with E-state index in [0.717, 1.165) is 11.3 Å². The molecule has 0 fully saturated rings. The van der Waals surface area contributed by atoms with Crippen molar-refractivity contribution in [1.29, 1.82) is 0 Å². The molecule has 1 atom stereocenters. The number of hydrogen-bond acceptors (Lipinski definition) is 5.